The first-order chi connectivity index (χ1) is 7.08. The van der Waals surface area contributed by atoms with Crippen LogP contribution in [-0.2, 0) is 6.54 Å². The highest BCUT2D eigenvalue weighted by molar-refractivity contribution is 5.94. The van der Waals surface area contributed by atoms with Gasteiger partial charge in [-0.2, -0.15) is 5.10 Å². The van der Waals surface area contributed by atoms with Crippen molar-refractivity contribution in [1.82, 2.24) is 9.78 Å². The lowest BCUT2D eigenvalue weighted by molar-refractivity contribution is 0.0997. The highest BCUT2D eigenvalue weighted by atomic mass is 19.3. The molecule has 0 aliphatic heterocycles. The molecule has 0 bridgehead atoms. The Morgan fingerprint density at radius 2 is 2.33 bits per heavy atom. The first kappa shape index (κ1) is 10.1. The smallest absolute Gasteiger partial charge is 0.257 e. The van der Waals surface area contributed by atoms with Crippen LogP contribution in [0.15, 0.2) is 6.20 Å². The lowest BCUT2D eigenvalue weighted by Gasteiger charge is -1.97. The molecule has 0 atom stereocenters. The zero-order valence-corrected chi connectivity index (χ0v) is 7.99. The van der Waals surface area contributed by atoms with Crippen molar-refractivity contribution in [2.45, 2.75) is 31.7 Å². The quantitative estimate of drug-likeness (QED) is 0.818. The molecule has 0 saturated heterocycles. The van der Waals surface area contributed by atoms with Gasteiger partial charge in [0.05, 0.1) is 11.3 Å². The van der Waals surface area contributed by atoms with Gasteiger partial charge in [-0.25, -0.2) is 8.78 Å². The van der Waals surface area contributed by atoms with Gasteiger partial charge < -0.3 is 5.73 Å². The van der Waals surface area contributed by atoms with Gasteiger partial charge >= 0.3 is 0 Å². The van der Waals surface area contributed by atoms with Crippen LogP contribution < -0.4 is 5.73 Å². The van der Waals surface area contributed by atoms with E-state index in [9.17, 15) is 13.6 Å². The Morgan fingerprint density at radius 3 is 2.80 bits per heavy atom. The van der Waals surface area contributed by atoms with E-state index < -0.39 is 18.9 Å². The maximum atomic E-state index is 12.1. The molecule has 1 aromatic rings. The van der Waals surface area contributed by atoms with Crippen molar-refractivity contribution >= 4 is 5.91 Å². The van der Waals surface area contributed by atoms with Crippen LogP contribution in [0, 0.1) is 0 Å². The molecule has 1 aromatic heterocycles. The third-order valence-electron chi connectivity index (χ3n) is 2.34. The summed E-state index contributed by atoms with van der Waals surface area (Å²) in [6.45, 7) is -0.493. The van der Waals surface area contributed by atoms with Crippen LogP contribution in [0.25, 0.3) is 0 Å². The lowest BCUT2D eigenvalue weighted by Crippen LogP contribution is -2.12. The summed E-state index contributed by atoms with van der Waals surface area (Å²) in [5.41, 5.74) is 5.99. The number of rotatable bonds is 4. The summed E-state index contributed by atoms with van der Waals surface area (Å²) in [6, 6.07) is 0. The molecular formula is C9H11F2N3O. The Bertz CT molecular complexity index is 385. The molecule has 1 fully saturated rings. The minimum absolute atomic E-state index is 0.228. The highest BCUT2D eigenvalue weighted by Crippen LogP contribution is 2.40. The number of amides is 1. The minimum Gasteiger partial charge on any atom is -0.365 e. The maximum absolute atomic E-state index is 12.1. The predicted molar refractivity (Wildman–Crippen MR) is 48.7 cm³/mol. The molecular weight excluding hydrogens is 204 g/mol. The number of alkyl halides is 2. The fourth-order valence-corrected chi connectivity index (χ4v) is 1.52. The maximum Gasteiger partial charge on any atom is 0.257 e. The van der Waals surface area contributed by atoms with Crippen molar-refractivity contribution < 1.29 is 13.6 Å². The Kier molecular flexibility index (Phi) is 2.42. The van der Waals surface area contributed by atoms with Gasteiger partial charge in [0, 0.05) is 12.1 Å². The number of hydrogen-bond acceptors (Lipinski definition) is 2. The van der Waals surface area contributed by atoms with Gasteiger partial charge in [0.1, 0.15) is 6.54 Å². The molecule has 0 radical (unpaired) electrons. The van der Waals surface area contributed by atoms with Crippen molar-refractivity contribution in [3.05, 3.63) is 17.5 Å². The molecule has 1 amide bonds. The van der Waals surface area contributed by atoms with E-state index in [1.807, 2.05) is 0 Å². The van der Waals surface area contributed by atoms with Crippen LogP contribution in [0.1, 0.15) is 34.8 Å². The molecule has 2 rings (SSSR count). The van der Waals surface area contributed by atoms with E-state index in [4.69, 9.17) is 5.73 Å². The van der Waals surface area contributed by atoms with E-state index in [1.54, 1.807) is 0 Å². The number of nitrogens with zero attached hydrogens (tertiary/aromatic N) is 2. The Morgan fingerprint density at radius 1 is 1.67 bits per heavy atom. The molecule has 1 aliphatic rings. The largest absolute Gasteiger partial charge is 0.365 e. The van der Waals surface area contributed by atoms with Crippen molar-refractivity contribution in [2.75, 3.05) is 0 Å². The van der Waals surface area contributed by atoms with E-state index >= 15 is 0 Å². The molecule has 1 aliphatic carbocycles. The molecule has 0 aromatic carbocycles. The van der Waals surface area contributed by atoms with Crippen LogP contribution >= 0.6 is 0 Å². The highest BCUT2D eigenvalue weighted by Gasteiger charge is 2.31. The summed E-state index contributed by atoms with van der Waals surface area (Å²) in [5, 5.41) is 3.97. The summed E-state index contributed by atoms with van der Waals surface area (Å²) < 4.78 is 25.3. The average Bonchev–Trinajstić information content (AvgIpc) is 2.87. The van der Waals surface area contributed by atoms with Crippen LogP contribution in [-0.4, -0.2) is 22.1 Å². The molecule has 1 saturated carbocycles. The number of carbonyl (C=O) groups is 1. The SMILES string of the molecule is NC(=O)c1cn(CC(F)F)nc1C1CC1. The average molecular weight is 215 g/mol. The second-order valence-electron chi connectivity index (χ2n) is 3.68. The summed E-state index contributed by atoms with van der Waals surface area (Å²) in [4.78, 5) is 11.0. The van der Waals surface area contributed by atoms with E-state index in [0.29, 0.717) is 5.69 Å². The number of nitrogens with two attached hydrogens (primary N) is 1. The van der Waals surface area contributed by atoms with Crippen LogP contribution in [0.2, 0.25) is 0 Å². The lowest BCUT2D eigenvalue weighted by atomic mass is 10.2. The van der Waals surface area contributed by atoms with Crippen molar-refractivity contribution in [3.63, 3.8) is 0 Å². The molecule has 2 N–H and O–H groups in total. The zero-order valence-electron chi connectivity index (χ0n) is 7.99. The number of carbonyl (C=O) groups excluding carboxylic acids is 1. The third kappa shape index (κ3) is 2.14. The standard InChI is InChI=1S/C9H11F2N3O/c10-7(11)4-14-3-6(9(12)15)8(13-14)5-1-2-5/h3,5,7H,1-2,4H2,(H2,12,15). The van der Waals surface area contributed by atoms with E-state index in [-0.39, 0.29) is 11.5 Å². The van der Waals surface area contributed by atoms with Gasteiger partial charge in [0.2, 0.25) is 0 Å². The first-order valence-corrected chi connectivity index (χ1v) is 4.73. The number of primary amides is 1. The second kappa shape index (κ2) is 3.60. The molecule has 0 unspecified atom stereocenters. The van der Waals surface area contributed by atoms with E-state index in [2.05, 4.69) is 5.10 Å². The topological polar surface area (TPSA) is 60.9 Å². The van der Waals surface area contributed by atoms with Crippen LogP contribution in [0.5, 0.6) is 0 Å². The van der Waals surface area contributed by atoms with Gasteiger partial charge in [-0.05, 0) is 12.8 Å². The van der Waals surface area contributed by atoms with Crippen LogP contribution in [0.4, 0.5) is 8.78 Å². The van der Waals surface area contributed by atoms with Crippen LogP contribution in [0.3, 0.4) is 0 Å². The molecule has 0 spiro atoms. The van der Waals surface area contributed by atoms with E-state index in [0.717, 1.165) is 17.5 Å². The van der Waals surface area contributed by atoms with E-state index in [1.165, 1.54) is 6.20 Å². The third-order valence-corrected chi connectivity index (χ3v) is 2.34. The summed E-state index contributed by atoms with van der Waals surface area (Å²) in [5.74, 6) is -0.371. The number of aromatic nitrogens is 2. The molecule has 6 heteroatoms. The zero-order chi connectivity index (χ0) is 11.0. The van der Waals surface area contributed by atoms with Crippen molar-refractivity contribution in [3.8, 4) is 0 Å². The Labute approximate surface area is 85.1 Å². The Hall–Kier alpha value is -1.46. The summed E-state index contributed by atoms with van der Waals surface area (Å²) >= 11 is 0. The van der Waals surface area contributed by atoms with Gasteiger partial charge in [-0.3, -0.25) is 9.48 Å². The first-order valence-electron chi connectivity index (χ1n) is 4.73. The molecule has 1 heterocycles. The van der Waals surface area contributed by atoms with Crippen molar-refractivity contribution in [2.24, 2.45) is 5.73 Å². The monoisotopic (exact) mass is 215 g/mol. The molecule has 4 nitrogen and oxygen atoms in total. The fourth-order valence-electron chi connectivity index (χ4n) is 1.52. The molecule has 82 valence electrons. The van der Waals surface area contributed by atoms with Gasteiger partial charge in [-0.1, -0.05) is 0 Å². The second-order valence-corrected chi connectivity index (χ2v) is 3.68. The summed E-state index contributed by atoms with van der Waals surface area (Å²) in [6.07, 6.45) is 0.734. The normalized spacial score (nSPS) is 15.9. The van der Waals surface area contributed by atoms with Gasteiger partial charge in [-0.15, -0.1) is 0 Å². The summed E-state index contributed by atoms with van der Waals surface area (Å²) in [7, 11) is 0. The van der Waals surface area contributed by atoms with Gasteiger partial charge in [0.25, 0.3) is 12.3 Å². The number of hydrogen-bond donors (Lipinski definition) is 1. The molecule has 15 heavy (non-hydrogen) atoms. The predicted octanol–water partition coefficient (Wildman–Crippen LogP) is 1.12. The minimum atomic E-state index is -2.47. The number of halogens is 2. The fraction of sp³-hybridized carbons (Fsp3) is 0.556. The van der Waals surface area contributed by atoms with Crippen molar-refractivity contribution in [1.29, 1.82) is 0 Å². The Balaban J connectivity index is 2.27. The van der Waals surface area contributed by atoms with Gasteiger partial charge in [0.15, 0.2) is 0 Å².